The van der Waals surface area contributed by atoms with Crippen LogP contribution in [0.15, 0.2) is 36.7 Å². The van der Waals surface area contributed by atoms with Crippen molar-refractivity contribution >= 4 is 17.6 Å². The fourth-order valence-electron chi connectivity index (χ4n) is 2.04. The summed E-state index contributed by atoms with van der Waals surface area (Å²) in [5.41, 5.74) is -1.66. The molecule has 25 heavy (non-hydrogen) atoms. The van der Waals surface area contributed by atoms with Crippen molar-refractivity contribution in [1.29, 1.82) is 0 Å². The van der Waals surface area contributed by atoms with E-state index in [1.165, 1.54) is 43.1 Å². The number of carboxylic acids is 1. The number of aromatic nitrogens is 2. The molecule has 0 aliphatic heterocycles. The van der Waals surface area contributed by atoms with Crippen molar-refractivity contribution in [2.45, 2.75) is 32.0 Å². The molecule has 1 heterocycles. The third-order valence-corrected chi connectivity index (χ3v) is 3.58. The van der Waals surface area contributed by atoms with E-state index >= 15 is 0 Å². The number of anilines is 1. The van der Waals surface area contributed by atoms with Gasteiger partial charge in [-0.3, -0.25) is 9.48 Å². The summed E-state index contributed by atoms with van der Waals surface area (Å²) in [6, 6.07) is 4.50. The van der Waals surface area contributed by atoms with Gasteiger partial charge in [0.05, 0.1) is 23.9 Å². The average molecular weight is 355 g/mol. The predicted molar refractivity (Wildman–Crippen MR) is 83.0 cm³/mol. The first kappa shape index (κ1) is 18.5. The Bertz CT molecular complexity index is 797. The third-order valence-electron chi connectivity index (χ3n) is 3.58. The van der Waals surface area contributed by atoms with Crippen LogP contribution in [-0.4, -0.2) is 26.8 Å². The zero-order valence-electron chi connectivity index (χ0n) is 13.5. The summed E-state index contributed by atoms with van der Waals surface area (Å²) >= 11 is 0. The Morgan fingerprint density at radius 1 is 1.28 bits per heavy atom. The van der Waals surface area contributed by atoms with Gasteiger partial charge >= 0.3 is 12.1 Å². The Kier molecular flexibility index (Phi) is 4.87. The molecular formula is C16H16F3N3O3. The number of carbonyl (C=O) groups is 2. The van der Waals surface area contributed by atoms with E-state index in [4.69, 9.17) is 5.11 Å². The summed E-state index contributed by atoms with van der Waals surface area (Å²) in [4.78, 5) is 23.2. The zero-order chi connectivity index (χ0) is 18.8. The Balaban J connectivity index is 2.07. The molecule has 2 aromatic rings. The maximum atomic E-state index is 12.7. The number of amides is 1. The quantitative estimate of drug-likeness (QED) is 0.864. The number of carbonyl (C=O) groups excluding carboxylic acids is 1. The lowest BCUT2D eigenvalue weighted by molar-refractivity contribution is -0.146. The fourth-order valence-corrected chi connectivity index (χ4v) is 2.04. The molecule has 1 aromatic carbocycles. The molecule has 0 atom stereocenters. The molecule has 0 radical (unpaired) electrons. The van der Waals surface area contributed by atoms with Gasteiger partial charge in [0.15, 0.2) is 5.54 Å². The van der Waals surface area contributed by atoms with Crippen molar-refractivity contribution in [3.63, 3.8) is 0 Å². The summed E-state index contributed by atoms with van der Waals surface area (Å²) in [5, 5.41) is 15.5. The Morgan fingerprint density at radius 2 is 1.96 bits per heavy atom. The molecule has 0 aliphatic rings. The smallest absolute Gasteiger partial charge is 0.416 e. The van der Waals surface area contributed by atoms with Crippen LogP contribution in [0.25, 0.3) is 0 Å². The molecule has 0 spiro atoms. The number of hydrogen-bond acceptors (Lipinski definition) is 3. The first-order valence-corrected chi connectivity index (χ1v) is 7.24. The van der Waals surface area contributed by atoms with Crippen molar-refractivity contribution in [2.75, 3.05) is 5.32 Å². The molecule has 9 heteroatoms. The predicted octanol–water partition coefficient (Wildman–Crippen LogP) is 2.90. The van der Waals surface area contributed by atoms with Crippen molar-refractivity contribution < 1.29 is 27.9 Å². The SMILES string of the molecule is CC(C)(C(=O)O)n1cc(NC(=O)Cc2cccc(C(F)(F)F)c2)cn1. The summed E-state index contributed by atoms with van der Waals surface area (Å²) in [7, 11) is 0. The van der Waals surface area contributed by atoms with Gasteiger partial charge in [-0.2, -0.15) is 18.3 Å². The van der Waals surface area contributed by atoms with Gasteiger partial charge in [0.1, 0.15) is 0 Å². The minimum atomic E-state index is -4.48. The first-order chi connectivity index (χ1) is 11.5. The van der Waals surface area contributed by atoms with Gasteiger partial charge in [-0.1, -0.05) is 18.2 Å². The molecule has 6 nitrogen and oxygen atoms in total. The van der Waals surface area contributed by atoms with Gasteiger partial charge in [0.25, 0.3) is 0 Å². The number of hydrogen-bond donors (Lipinski definition) is 2. The minimum absolute atomic E-state index is 0.214. The highest BCUT2D eigenvalue weighted by Crippen LogP contribution is 2.29. The standard InChI is InChI=1S/C16H16F3N3O3/c1-15(2,14(24)25)22-9-12(8-20-22)21-13(23)7-10-4-3-5-11(6-10)16(17,18)19/h3-6,8-9H,7H2,1-2H3,(H,21,23)(H,24,25). The normalized spacial score (nSPS) is 12.0. The van der Waals surface area contributed by atoms with E-state index in [-0.39, 0.29) is 17.7 Å². The molecule has 2 rings (SSSR count). The second-order valence-corrected chi connectivity index (χ2v) is 5.96. The maximum Gasteiger partial charge on any atom is 0.416 e. The Labute approximate surface area is 141 Å². The number of rotatable bonds is 5. The number of halogens is 3. The molecule has 134 valence electrons. The van der Waals surface area contributed by atoms with E-state index in [1.807, 2.05) is 0 Å². The van der Waals surface area contributed by atoms with Crippen molar-refractivity contribution in [3.05, 3.63) is 47.8 Å². The summed E-state index contributed by atoms with van der Waals surface area (Å²) in [6.07, 6.45) is -2.11. The molecule has 0 unspecified atom stereocenters. The van der Waals surface area contributed by atoms with Crippen LogP contribution in [0.3, 0.4) is 0 Å². The number of carboxylic acid groups (broad SMARTS) is 1. The monoisotopic (exact) mass is 355 g/mol. The molecule has 0 saturated heterocycles. The summed E-state index contributed by atoms with van der Waals surface area (Å²) < 4.78 is 39.2. The molecule has 2 N–H and O–H groups in total. The molecular weight excluding hydrogens is 339 g/mol. The molecule has 0 aliphatic carbocycles. The second-order valence-electron chi connectivity index (χ2n) is 5.96. The lowest BCUT2D eigenvalue weighted by atomic mass is 10.1. The van der Waals surface area contributed by atoms with Crippen LogP contribution in [0.5, 0.6) is 0 Å². The van der Waals surface area contributed by atoms with Crippen LogP contribution in [-0.2, 0) is 27.7 Å². The van der Waals surface area contributed by atoms with Crippen LogP contribution < -0.4 is 5.32 Å². The number of alkyl halides is 3. The highest BCUT2D eigenvalue weighted by atomic mass is 19.4. The average Bonchev–Trinajstić information content (AvgIpc) is 2.95. The Hall–Kier alpha value is -2.84. The van der Waals surface area contributed by atoms with Gasteiger partial charge in [-0.15, -0.1) is 0 Å². The van der Waals surface area contributed by atoms with E-state index in [1.54, 1.807) is 0 Å². The number of benzene rings is 1. The molecule has 0 bridgehead atoms. The van der Waals surface area contributed by atoms with Gasteiger partial charge in [-0.05, 0) is 25.5 Å². The minimum Gasteiger partial charge on any atom is -0.479 e. The van der Waals surface area contributed by atoms with E-state index in [0.717, 1.165) is 12.1 Å². The fraction of sp³-hybridized carbons (Fsp3) is 0.312. The van der Waals surface area contributed by atoms with Gasteiger partial charge < -0.3 is 10.4 Å². The zero-order valence-corrected chi connectivity index (χ0v) is 13.5. The lowest BCUT2D eigenvalue weighted by Gasteiger charge is -2.19. The van der Waals surface area contributed by atoms with Crippen LogP contribution in [0.4, 0.5) is 18.9 Å². The highest BCUT2D eigenvalue weighted by Gasteiger charge is 2.31. The molecule has 1 aromatic heterocycles. The van der Waals surface area contributed by atoms with E-state index in [9.17, 15) is 22.8 Å². The highest BCUT2D eigenvalue weighted by molar-refractivity contribution is 5.92. The first-order valence-electron chi connectivity index (χ1n) is 7.24. The number of aliphatic carboxylic acids is 1. The molecule has 1 amide bonds. The second kappa shape index (κ2) is 6.58. The summed E-state index contributed by atoms with van der Waals surface area (Å²) in [6.45, 7) is 2.88. The largest absolute Gasteiger partial charge is 0.479 e. The molecule has 0 fully saturated rings. The van der Waals surface area contributed by atoms with Gasteiger partial charge in [0.2, 0.25) is 5.91 Å². The topological polar surface area (TPSA) is 84.2 Å². The lowest BCUT2D eigenvalue weighted by Crippen LogP contribution is -2.35. The number of nitrogens with zero attached hydrogens (tertiary/aromatic N) is 2. The van der Waals surface area contributed by atoms with E-state index in [0.29, 0.717) is 0 Å². The Morgan fingerprint density at radius 3 is 2.56 bits per heavy atom. The van der Waals surface area contributed by atoms with Crippen molar-refractivity contribution in [3.8, 4) is 0 Å². The van der Waals surface area contributed by atoms with Crippen LogP contribution in [0, 0.1) is 0 Å². The van der Waals surface area contributed by atoms with Crippen LogP contribution >= 0.6 is 0 Å². The van der Waals surface area contributed by atoms with Crippen molar-refractivity contribution in [1.82, 2.24) is 9.78 Å². The van der Waals surface area contributed by atoms with E-state index < -0.39 is 29.2 Å². The van der Waals surface area contributed by atoms with Crippen LogP contribution in [0.2, 0.25) is 0 Å². The molecule has 0 saturated carbocycles. The van der Waals surface area contributed by atoms with Crippen molar-refractivity contribution in [2.24, 2.45) is 0 Å². The maximum absolute atomic E-state index is 12.7. The third kappa shape index (κ3) is 4.37. The number of nitrogens with one attached hydrogen (secondary N) is 1. The van der Waals surface area contributed by atoms with Crippen LogP contribution in [0.1, 0.15) is 25.0 Å². The van der Waals surface area contributed by atoms with E-state index in [2.05, 4.69) is 10.4 Å². The summed E-state index contributed by atoms with van der Waals surface area (Å²) in [5.74, 6) is -1.63. The van der Waals surface area contributed by atoms with Gasteiger partial charge in [-0.25, -0.2) is 4.79 Å². The van der Waals surface area contributed by atoms with Gasteiger partial charge in [0, 0.05) is 6.20 Å².